The Morgan fingerprint density at radius 1 is 1.39 bits per heavy atom. The van der Waals surface area contributed by atoms with Gasteiger partial charge >= 0.3 is 0 Å². The lowest BCUT2D eigenvalue weighted by Gasteiger charge is -2.19. The zero-order valence-electron chi connectivity index (χ0n) is 11.5. The normalized spacial score (nSPS) is 21.6. The molecule has 1 aliphatic heterocycles. The largest absolute Gasteiger partial charge is 0.492 e. The summed E-state index contributed by atoms with van der Waals surface area (Å²) in [4.78, 5) is 2.48. The molecule has 2 rings (SSSR count). The minimum atomic E-state index is 0.646. The number of benzene rings is 1. The van der Waals surface area contributed by atoms with E-state index >= 15 is 0 Å². The van der Waals surface area contributed by atoms with Gasteiger partial charge in [0.25, 0.3) is 0 Å². The highest BCUT2D eigenvalue weighted by Gasteiger charge is 2.12. The fourth-order valence-electron chi connectivity index (χ4n) is 2.28. The van der Waals surface area contributed by atoms with Crippen LogP contribution in [0.5, 0.6) is 5.75 Å². The molecule has 0 radical (unpaired) electrons. The van der Waals surface area contributed by atoms with Gasteiger partial charge in [-0.05, 0) is 44.5 Å². The molecule has 1 unspecified atom stereocenters. The van der Waals surface area contributed by atoms with Crippen LogP contribution in [-0.4, -0.2) is 43.7 Å². The Morgan fingerprint density at radius 2 is 2.28 bits per heavy atom. The fourth-order valence-corrected chi connectivity index (χ4v) is 2.28. The van der Waals surface area contributed by atoms with Gasteiger partial charge in [-0.25, -0.2) is 0 Å². The van der Waals surface area contributed by atoms with Crippen LogP contribution in [0.4, 0.5) is 0 Å². The summed E-state index contributed by atoms with van der Waals surface area (Å²) >= 11 is 0. The van der Waals surface area contributed by atoms with Crippen LogP contribution in [0.2, 0.25) is 0 Å². The molecule has 0 amide bonds. The van der Waals surface area contributed by atoms with Gasteiger partial charge in [0.2, 0.25) is 0 Å². The van der Waals surface area contributed by atoms with Crippen molar-refractivity contribution in [2.75, 3.05) is 32.8 Å². The molecule has 0 saturated carbocycles. The molecule has 0 aromatic heterocycles. The second-order valence-electron chi connectivity index (χ2n) is 5.15. The van der Waals surface area contributed by atoms with Crippen molar-refractivity contribution in [1.29, 1.82) is 0 Å². The first kappa shape index (κ1) is 13.4. The Bertz CT molecular complexity index is 367. The van der Waals surface area contributed by atoms with Gasteiger partial charge in [-0.2, -0.15) is 0 Å². The Balaban J connectivity index is 1.71. The van der Waals surface area contributed by atoms with Gasteiger partial charge in [0, 0.05) is 25.7 Å². The molecule has 0 spiro atoms. The molecule has 1 saturated heterocycles. The molecule has 18 heavy (non-hydrogen) atoms. The highest BCUT2D eigenvalue weighted by atomic mass is 16.5. The molecule has 1 aromatic carbocycles. The summed E-state index contributed by atoms with van der Waals surface area (Å²) in [5, 5.41) is 3.51. The van der Waals surface area contributed by atoms with Crippen molar-refractivity contribution in [3.63, 3.8) is 0 Å². The number of rotatable bonds is 4. The van der Waals surface area contributed by atoms with E-state index in [1.54, 1.807) is 0 Å². The number of ether oxygens (including phenoxy) is 1. The molecule has 1 atom stereocenters. The van der Waals surface area contributed by atoms with E-state index in [1.807, 2.05) is 12.1 Å². The van der Waals surface area contributed by atoms with E-state index in [-0.39, 0.29) is 0 Å². The third-order valence-electron chi connectivity index (χ3n) is 3.46. The first-order valence-corrected chi connectivity index (χ1v) is 6.89. The van der Waals surface area contributed by atoms with E-state index in [0.717, 1.165) is 32.0 Å². The van der Waals surface area contributed by atoms with Crippen LogP contribution in [0, 0.1) is 6.92 Å². The third-order valence-corrected chi connectivity index (χ3v) is 3.46. The molecule has 1 N–H and O–H groups in total. The molecule has 1 aliphatic rings. The second-order valence-corrected chi connectivity index (χ2v) is 5.15. The first-order valence-electron chi connectivity index (χ1n) is 6.89. The minimum Gasteiger partial charge on any atom is -0.492 e. The lowest BCUT2D eigenvalue weighted by atomic mass is 10.2. The Morgan fingerprint density at radius 3 is 3.11 bits per heavy atom. The molecule has 0 aliphatic carbocycles. The predicted octanol–water partition coefficient (Wildman–Crippen LogP) is 2.06. The summed E-state index contributed by atoms with van der Waals surface area (Å²) in [6, 6.07) is 8.90. The molecule has 3 heteroatoms. The smallest absolute Gasteiger partial charge is 0.119 e. The topological polar surface area (TPSA) is 24.5 Å². The maximum Gasteiger partial charge on any atom is 0.119 e. The number of hydrogen-bond acceptors (Lipinski definition) is 3. The van der Waals surface area contributed by atoms with Crippen LogP contribution in [0.25, 0.3) is 0 Å². The summed E-state index contributed by atoms with van der Waals surface area (Å²) in [6.45, 7) is 9.53. The van der Waals surface area contributed by atoms with E-state index in [1.165, 1.54) is 18.5 Å². The second kappa shape index (κ2) is 6.76. The van der Waals surface area contributed by atoms with Crippen molar-refractivity contribution in [2.45, 2.75) is 26.3 Å². The highest BCUT2D eigenvalue weighted by molar-refractivity contribution is 5.27. The Kier molecular flexibility index (Phi) is 5.02. The van der Waals surface area contributed by atoms with Crippen LogP contribution in [0.3, 0.4) is 0 Å². The SMILES string of the molecule is Cc1cccc(OCCN2CCNC(C)CC2)c1. The van der Waals surface area contributed by atoms with E-state index < -0.39 is 0 Å². The molecule has 100 valence electrons. The molecular weight excluding hydrogens is 224 g/mol. The van der Waals surface area contributed by atoms with Gasteiger partial charge in [0.15, 0.2) is 0 Å². The average Bonchev–Trinajstić information content (AvgIpc) is 2.55. The third kappa shape index (κ3) is 4.31. The molecular formula is C15H24N2O. The lowest BCUT2D eigenvalue weighted by Crippen LogP contribution is -2.32. The number of nitrogens with zero attached hydrogens (tertiary/aromatic N) is 1. The summed E-state index contributed by atoms with van der Waals surface area (Å²) in [6.07, 6.45) is 1.23. The maximum absolute atomic E-state index is 5.80. The van der Waals surface area contributed by atoms with Crippen molar-refractivity contribution in [3.05, 3.63) is 29.8 Å². The van der Waals surface area contributed by atoms with Gasteiger partial charge < -0.3 is 10.1 Å². The molecule has 1 aromatic rings. The standard InChI is InChI=1S/C15H24N2O/c1-13-4-3-5-15(12-13)18-11-10-17-8-6-14(2)16-7-9-17/h3-5,12,14,16H,6-11H2,1-2H3. The van der Waals surface area contributed by atoms with Crippen molar-refractivity contribution in [2.24, 2.45) is 0 Å². The van der Waals surface area contributed by atoms with Gasteiger partial charge in [-0.3, -0.25) is 4.90 Å². The Labute approximate surface area is 110 Å². The quantitative estimate of drug-likeness (QED) is 0.882. The Hall–Kier alpha value is -1.06. The summed E-state index contributed by atoms with van der Waals surface area (Å²) in [7, 11) is 0. The van der Waals surface area contributed by atoms with Crippen molar-refractivity contribution in [3.8, 4) is 5.75 Å². The molecule has 0 bridgehead atoms. The number of nitrogens with one attached hydrogen (secondary N) is 1. The van der Waals surface area contributed by atoms with Gasteiger partial charge in [0.05, 0.1) is 0 Å². The van der Waals surface area contributed by atoms with E-state index in [2.05, 4.69) is 36.2 Å². The van der Waals surface area contributed by atoms with Crippen molar-refractivity contribution in [1.82, 2.24) is 10.2 Å². The van der Waals surface area contributed by atoms with E-state index in [9.17, 15) is 0 Å². The maximum atomic E-state index is 5.80. The van der Waals surface area contributed by atoms with Crippen LogP contribution < -0.4 is 10.1 Å². The molecule has 3 nitrogen and oxygen atoms in total. The summed E-state index contributed by atoms with van der Waals surface area (Å²) < 4.78 is 5.80. The summed E-state index contributed by atoms with van der Waals surface area (Å²) in [5.74, 6) is 0.983. The predicted molar refractivity (Wildman–Crippen MR) is 75.2 cm³/mol. The van der Waals surface area contributed by atoms with Crippen LogP contribution >= 0.6 is 0 Å². The molecule has 1 fully saturated rings. The van der Waals surface area contributed by atoms with Gasteiger partial charge in [-0.1, -0.05) is 12.1 Å². The van der Waals surface area contributed by atoms with Gasteiger partial charge in [0.1, 0.15) is 12.4 Å². The monoisotopic (exact) mass is 248 g/mol. The van der Waals surface area contributed by atoms with Crippen molar-refractivity contribution >= 4 is 0 Å². The number of hydrogen-bond donors (Lipinski definition) is 1. The van der Waals surface area contributed by atoms with Crippen LogP contribution in [0.15, 0.2) is 24.3 Å². The first-order chi connectivity index (χ1) is 8.74. The minimum absolute atomic E-state index is 0.646. The summed E-state index contributed by atoms with van der Waals surface area (Å²) in [5.41, 5.74) is 1.25. The van der Waals surface area contributed by atoms with E-state index in [0.29, 0.717) is 6.04 Å². The fraction of sp³-hybridized carbons (Fsp3) is 0.600. The van der Waals surface area contributed by atoms with E-state index in [4.69, 9.17) is 4.74 Å². The van der Waals surface area contributed by atoms with Crippen LogP contribution in [-0.2, 0) is 0 Å². The number of aryl methyl sites for hydroxylation is 1. The van der Waals surface area contributed by atoms with Crippen molar-refractivity contribution < 1.29 is 4.74 Å². The zero-order valence-corrected chi connectivity index (χ0v) is 11.5. The molecule has 1 heterocycles. The van der Waals surface area contributed by atoms with Crippen LogP contribution in [0.1, 0.15) is 18.9 Å². The average molecular weight is 248 g/mol. The zero-order chi connectivity index (χ0) is 12.8. The highest BCUT2D eigenvalue weighted by Crippen LogP contribution is 2.12. The lowest BCUT2D eigenvalue weighted by molar-refractivity contribution is 0.217. The van der Waals surface area contributed by atoms with Gasteiger partial charge in [-0.15, -0.1) is 0 Å².